The summed E-state index contributed by atoms with van der Waals surface area (Å²) in [5.74, 6) is 4.94. The molecule has 9 nitrogen and oxygen atoms in total. The number of H-pyrrole nitrogens is 1. The molecule has 5 N–H and O–H groups in total. The highest BCUT2D eigenvalue weighted by Gasteiger charge is 2.55. The topological polar surface area (TPSA) is 139 Å². The van der Waals surface area contributed by atoms with Gasteiger partial charge in [-0.25, -0.2) is 4.98 Å². The number of nitrogens with one attached hydrogen (secondary N) is 1. The molecule has 0 aliphatic carbocycles. The SMILES string of the molecule is [2H]C([2H])(O)[C@H]1O[C@@H](n2cnc3c(=O)[nH]c(N)nc32)C(Cl)(C#CC)[C@H]1O. The van der Waals surface area contributed by atoms with Gasteiger partial charge in [0.15, 0.2) is 22.3 Å². The lowest BCUT2D eigenvalue weighted by atomic mass is 9.99. The predicted molar refractivity (Wildman–Crippen MR) is 81.6 cm³/mol. The van der Waals surface area contributed by atoms with Crippen molar-refractivity contribution in [2.24, 2.45) is 0 Å². The van der Waals surface area contributed by atoms with E-state index in [0.717, 1.165) is 0 Å². The van der Waals surface area contributed by atoms with Crippen LogP contribution in [0, 0.1) is 11.8 Å². The first-order valence-electron chi connectivity index (χ1n) is 7.50. The molecule has 1 fully saturated rings. The van der Waals surface area contributed by atoms with Crippen molar-refractivity contribution in [3.63, 3.8) is 0 Å². The van der Waals surface area contributed by atoms with E-state index in [2.05, 4.69) is 26.8 Å². The predicted octanol–water partition coefficient (Wildman–Crippen LogP) is -1.05. The lowest BCUT2D eigenvalue weighted by Gasteiger charge is -2.25. The van der Waals surface area contributed by atoms with E-state index in [1.165, 1.54) is 17.8 Å². The van der Waals surface area contributed by atoms with Gasteiger partial charge < -0.3 is 20.7 Å². The molecular formula is C13H14ClN5O4. The second-order valence-corrected chi connectivity index (χ2v) is 5.53. The van der Waals surface area contributed by atoms with Crippen LogP contribution in [-0.2, 0) is 4.74 Å². The van der Waals surface area contributed by atoms with E-state index in [9.17, 15) is 15.0 Å². The van der Waals surface area contributed by atoms with Gasteiger partial charge in [-0.2, -0.15) is 4.98 Å². The van der Waals surface area contributed by atoms with E-state index in [1.807, 2.05) is 0 Å². The van der Waals surface area contributed by atoms with Crippen molar-refractivity contribution < 1.29 is 17.7 Å². The Morgan fingerprint density at radius 3 is 3.13 bits per heavy atom. The number of halogens is 1. The maximum absolute atomic E-state index is 11.9. The molecule has 1 saturated heterocycles. The Morgan fingerprint density at radius 2 is 2.48 bits per heavy atom. The second kappa shape index (κ2) is 5.50. The van der Waals surface area contributed by atoms with Gasteiger partial charge in [0.2, 0.25) is 5.95 Å². The molecular weight excluding hydrogens is 326 g/mol. The van der Waals surface area contributed by atoms with Crippen LogP contribution in [0.5, 0.6) is 0 Å². The third-order valence-corrected chi connectivity index (χ3v) is 4.00. The highest BCUT2D eigenvalue weighted by molar-refractivity contribution is 6.27. The van der Waals surface area contributed by atoms with Gasteiger partial charge in [0.05, 0.1) is 15.6 Å². The number of anilines is 1. The van der Waals surface area contributed by atoms with Crippen LogP contribution in [0.15, 0.2) is 11.1 Å². The molecule has 1 aliphatic heterocycles. The first-order valence-corrected chi connectivity index (χ1v) is 6.88. The van der Waals surface area contributed by atoms with E-state index < -0.39 is 35.4 Å². The summed E-state index contributed by atoms with van der Waals surface area (Å²) in [6.07, 6.45) is -3.47. The summed E-state index contributed by atoms with van der Waals surface area (Å²) in [6, 6.07) is 0. The number of nitrogens with two attached hydrogens (primary N) is 1. The zero-order chi connectivity index (χ0) is 18.6. The monoisotopic (exact) mass is 341 g/mol. The maximum atomic E-state index is 11.9. The summed E-state index contributed by atoms with van der Waals surface area (Å²) < 4.78 is 21.5. The first kappa shape index (κ1) is 13.3. The van der Waals surface area contributed by atoms with E-state index in [1.54, 1.807) is 0 Å². The third-order valence-electron chi connectivity index (χ3n) is 3.50. The van der Waals surface area contributed by atoms with Crippen LogP contribution in [0.3, 0.4) is 0 Å². The lowest BCUT2D eigenvalue weighted by Crippen LogP contribution is -2.41. The molecule has 0 spiro atoms. The number of alkyl halides is 1. The molecule has 2 aromatic heterocycles. The Kier molecular flexibility index (Phi) is 3.19. The lowest BCUT2D eigenvalue weighted by molar-refractivity contribution is -0.0436. The quantitative estimate of drug-likeness (QED) is 0.404. The van der Waals surface area contributed by atoms with Crippen LogP contribution in [-0.4, -0.2) is 53.4 Å². The molecule has 3 rings (SSSR count). The largest absolute Gasteiger partial charge is 0.394 e. The molecule has 0 amide bonds. The number of aliphatic hydroxyl groups excluding tert-OH is 1. The van der Waals surface area contributed by atoms with Crippen LogP contribution in [0.25, 0.3) is 11.2 Å². The number of fused-ring (bicyclic) bond motifs is 1. The van der Waals surface area contributed by atoms with Gasteiger partial charge in [0, 0.05) is 0 Å². The Hall–Kier alpha value is -2.12. The van der Waals surface area contributed by atoms with E-state index in [4.69, 9.17) is 24.8 Å². The van der Waals surface area contributed by atoms with E-state index >= 15 is 0 Å². The van der Waals surface area contributed by atoms with Gasteiger partial charge in [-0.05, 0) is 6.92 Å². The molecule has 1 unspecified atom stereocenters. The fourth-order valence-electron chi connectivity index (χ4n) is 2.49. The Labute approximate surface area is 137 Å². The number of aliphatic hydroxyl groups is 2. The number of nitrogen functional groups attached to an aromatic ring is 1. The van der Waals surface area contributed by atoms with Crippen molar-refractivity contribution in [2.75, 3.05) is 12.3 Å². The first-order chi connectivity index (χ1) is 11.6. The number of aromatic nitrogens is 4. The molecule has 1 aliphatic rings. The molecule has 122 valence electrons. The summed E-state index contributed by atoms with van der Waals surface area (Å²) in [4.78, 5) is 20.3. The smallest absolute Gasteiger partial charge is 0.280 e. The normalized spacial score (nSPS) is 32.3. The van der Waals surface area contributed by atoms with E-state index in [0.29, 0.717) is 0 Å². The molecule has 3 heterocycles. The zero-order valence-electron chi connectivity index (χ0n) is 13.8. The molecule has 4 atom stereocenters. The van der Waals surface area contributed by atoms with Crippen LogP contribution in [0.4, 0.5) is 5.95 Å². The minimum Gasteiger partial charge on any atom is -0.394 e. The fraction of sp³-hybridized carbons (Fsp3) is 0.462. The molecule has 0 radical (unpaired) electrons. The van der Waals surface area contributed by atoms with Crippen LogP contribution in [0.2, 0.25) is 0 Å². The summed E-state index contributed by atoms with van der Waals surface area (Å²) in [6.45, 7) is -1.41. The minimum atomic E-state index is -2.88. The van der Waals surface area contributed by atoms with Crippen molar-refractivity contribution in [1.29, 1.82) is 0 Å². The van der Waals surface area contributed by atoms with Gasteiger partial charge in [-0.15, -0.1) is 5.92 Å². The van der Waals surface area contributed by atoms with Crippen LogP contribution >= 0.6 is 11.6 Å². The number of imidazole rings is 1. The van der Waals surface area contributed by atoms with Crippen molar-refractivity contribution >= 4 is 28.7 Å². The van der Waals surface area contributed by atoms with Gasteiger partial charge in [0.1, 0.15) is 12.2 Å². The molecule has 0 saturated carbocycles. The van der Waals surface area contributed by atoms with Gasteiger partial charge in [-0.1, -0.05) is 17.5 Å². The summed E-state index contributed by atoms with van der Waals surface area (Å²) >= 11 is 6.44. The maximum Gasteiger partial charge on any atom is 0.280 e. The third kappa shape index (κ3) is 2.27. The van der Waals surface area contributed by atoms with E-state index in [-0.39, 0.29) is 17.1 Å². The number of hydrogen-bond acceptors (Lipinski definition) is 7. The summed E-state index contributed by atoms with van der Waals surface area (Å²) in [7, 11) is 0. The van der Waals surface area contributed by atoms with Crippen molar-refractivity contribution in [1.82, 2.24) is 19.5 Å². The average Bonchev–Trinajstić information content (AvgIpc) is 3.00. The highest BCUT2D eigenvalue weighted by Crippen LogP contribution is 2.43. The van der Waals surface area contributed by atoms with Crippen LogP contribution in [0.1, 0.15) is 15.9 Å². The van der Waals surface area contributed by atoms with Crippen molar-refractivity contribution in [2.45, 2.75) is 30.2 Å². The zero-order valence-corrected chi connectivity index (χ0v) is 12.6. The standard InChI is InChI=1S/C13H14ClN5O4/c1-2-3-13(14)8(21)6(4-20)23-11(13)19-5-16-7-9(19)17-12(15)18-10(7)22/h5-6,8,11,20-21H,4H2,1H3,(H3,15,17,18,22)/t6-,8+,11-,13?/m1/s1/i4D2. The number of rotatable bonds is 2. The second-order valence-electron chi connectivity index (χ2n) is 4.90. The molecule has 0 bridgehead atoms. The Balaban J connectivity index is 2.21. The molecule has 10 heteroatoms. The number of aromatic amines is 1. The number of nitrogens with zero attached hydrogens (tertiary/aromatic N) is 3. The minimum absolute atomic E-state index is 0.0144. The Bertz CT molecular complexity index is 946. The van der Waals surface area contributed by atoms with Gasteiger partial charge in [-0.3, -0.25) is 14.3 Å². The number of hydrogen-bond donors (Lipinski definition) is 4. The van der Waals surface area contributed by atoms with Gasteiger partial charge >= 0.3 is 0 Å². The molecule has 0 aromatic carbocycles. The van der Waals surface area contributed by atoms with Crippen molar-refractivity contribution in [3.8, 4) is 11.8 Å². The average molecular weight is 342 g/mol. The Morgan fingerprint density at radius 1 is 1.74 bits per heavy atom. The summed E-state index contributed by atoms with van der Waals surface area (Å²) in [5.41, 5.74) is 4.92. The van der Waals surface area contributed by atoms with Gasteiger partial charge in [0.25, 0.3) is 5.56 Å². The fourth-order valence-corrected chi connectivity index (χ4v) is 2.86. The molecule has 23 heavy (non-hydrogen) atoms. The summed E-state index contributed by atoms with van der Waals surface area (Å²) in [5, 5.41) is 20.1. The van der Waals surface area contributed by atoms with Crippen LogP contribution < -0.4 is 11.3 Å². The highest BCUT2D eigenvalue weighted by atomic mass is 35.5. The number of ether oxygens (including phenoxy) is 1. The van der Waals surface area contributed by atoms with Crippen molar-refractivity contribution in [3.05, 3.63) is 16.7 Å². The molecule has 2 aromatic rings.